The van der Waals surface area contributed by atoms with Crippen molar-refractivity contribution < 1.29 is 9.90 Å². The van der Waals surface area contributed by atoms with Gasteiger partial charge < -0.3 is 15.0 Å². The van der Waals surface area contributed by atoms with Crippen LogP contribution < -0.4 is 5.56 Å². The van der Waals surface area contributed by atoms with E-state index in [1.54, 1.807) is 20.9 Å². The highest BCUT2D eigenvalue weighted by Gasteiger charge is 2.20. The molecule has 1 aromatic heterocycles. The Kier molecular flexibility index (Phi) is 3.49. The van der Waals surface area contributed by atoms with Crippen LogP contribution in [0.15, 0.2) is 23.1 Å². The number of H-pyrrole nitrogens is 1. The van der Waals surface area contributed by atoms with E-state index in [4.69, 9.17) is 0 Å². The summed E-state index contributed by atoms with van der Waals surface area (Å²) in [5, 5.41) is 9.58. The van der Waals surface area contributed by atoms with E-state index in [1.807, 2.05) is 0 Å². The van der Waals surface area contributed by atoms with Gasteiger partial charge in [0.25, 0.3) is 5.91 Å². The van der Waals surface area contributed by atoms with E-state index in [0.717, 1.165) is 0 Å². The number of hydrogen-bond acceptors (Lipinski definition) is 3. The summed E-state index contributed by atoms with van der Waals surface area (Å²) in [5.74, 6) is -0.238. The van der Waals surface area contributed by atoms with E-state index in [1.165, 1.54) is 23.2 Å². The number of hydrogen-bond donors (Lipinski definition) is 2. The lowest BCUT2D eigenvalue weighted by atomic mass is 10.1. The maximum absolute atomic E-state index is 11.8. The number of aromatic amines is 1. The van der Waals surface area contributed by atoms with Gasteiger partial charge in [-0.25, -0.2) is 0 Å². The maximum atomic E-state index is 11.8. The molecule has 0 aliphatic carbocycles. The zero-order valence-corrected chi connectivity index (χ0v) is 9.65. The molecule has 0 spiro atoms. The van der Waals surface area contributed by atoms with Crippen molar-refractivity contribution in [3.05, 3.63) is 34.2 Å². The van der Waals surface area contributed by atoms with E-state index >= 15 is 0 Å². The second kappa shape index (κ2) is 4.49. The smallest absolute Gasteiger partial charge is 0.255 e. The number of likely N-dealkylation sites (N-methyl/N-ethyl adjacent to an activating group) is 1. The molecule has 0 fully saturated rings. The molecule has 16 heavy (non-hydrogen) atoms. The van der Waals surface area contributed by atoms with Crippen LogP contribution in [0.1, 0.15) is 24.2 Å². The molecule has 1 amide bonds. The van der Waals surface area contributed by atoms with E-state index in [-0.39, 0.29) is 18.0 Å². The molecule has 2 N–H and O–H groups in total. The molecule has 5 nitrogen and oxygen atoms in total. The molecular weight excluding hydrogens is 208 g/mol. The van der Waals surface area contributed by atoms with Crippen molar-refractivity contribution in [1.82, 2.24) is 9.88 Å². The molecule has 5 heteroatoms. The average molecular weight is 224 g/mol. The van der Waals surface area contributed by atoms with E-state index in [0.29, 0.717) is 5.56 Å². The molecule has 1 aromatic rings. The zero-order valence-electron chi connectivity index (χ0n) is 9.65. The molecule has 0 atom stereocenters. The molecule has 0 aliphatic rings. The van der Waals surface area contributed by atoms with Crippen molar-refractivity contribution in [3.63, 3.8) is 0 Å². The quantitative estimate of drug-likeness (QED) is 0.771. The van der Waals surface area contributed by atoms with Crippen LogP contribution >= 0.6 is 0 Å². The van der Waals surface area contributed by atoms with Crippen LogP contribution in [0.4, 0.5) is 0 Å². The summed E-state index contributed by atoms with van der Waals surface area (Å²) >= 11 is 0. The number of aromatic nitrogens is 1. The maximum Gasteiger partial charge on any atom is 0.255 e. The number of carbonyl (C=O) groups excluding carboxylic acids is 1. The summed E-state index contributed by atoms with van der Waals surface area (Å²) in [7, 11) is 1.60. The first-order chi connectivity index (χ1) is 7.29. The van der Waals surface area contributed by atoms with Gasteiger partial charge in [0.2, 0.25) is 5.56 Å². The van der Waals surface area contributed by atoms with Crippen LogP contribution in [0.25, 0.3) is 0 Å². The highest BCUT2D eigenvalue weighted by molar-refractivity contribution is 5.93. The first kappa shape index (κ1) is 12.4. The second-order valence-electron chi connectivity index (χ2n) is 4.42. The third-order valence-corrected chi connectivity index (χ3v) is 2.00. The predicted octanol–water partition coefficient (Wildman–Crippen LogP) is 0.218. The van der Waals surface area contributed by atoms with Crippen molar-refractivity contribution in [2.45, 2.75) is 19.4 Å². The number of amides is 1. The summed E-state index contributed by atoms with van der Waals surface area (Å²) in [4.78, 5) is 26.5. The van der Waals surface area contributed by atoms with Crippen LogP contribution in [0, 0.1) is 0 Å². The van der Waals surface area contributed by atoms with Crippen molar-refractivity contribution in [3.8, 4) is 0 Å². The lowest BCUT2D eigenvalue weighted by Crippen LogP contribution is -2.39. The SMILES string of the molecule is CN(CC(C)(C)O)C(=O)c1ccc(=O)[nH]c1. The third kappa shape index (κ3) is 3.51. The van der Waals surface area contributed by atoms with Gasteiger partial charge in [0.15, 0.2) is 0 Å². The van der Waals surface area contributed by atoms with Crippen molar-refractivity contribution in [1.29, 1.82) is 0 Å². The topological polar surface area (TPSA) is 73.4 Å². The third-order valence-electron chi connectivity index (χ3n) is 2.00. The predicted molar refractivity (Wildman–Crippen MR) is 60.3 cm³/mol. The fourth-order valence-corrected chi connectivity index (χ4v) is 1.42. The zero-order chi connectivity index (χ0) is 12.3. The minimum absolute atomic E-state index is 0.227. The molecule has 0 aliphatic heterocycles. The number of rotatable bonds is 3. The lowest BCUT2D eigenvalue weighted by Gasteiger charge is -2.25. The van der Waals surface area contributed by atoms with Gasteiger partial charge in [-0.3, -0.25) is 9.59 Å². The Hall–Kier alpha value is -1.62. The first-order valence-corrected chi connectivity index (χ1v) is 4.96. The molecule has 0 aromatic carbocycles. The molecule has 0 saturated heterocycles. The Morgan fingerprint density at radius 3 is 2.56 bits per heavy atom. The van der Waals surface area contributed by atoms with Crippen LogP contribution in [0.3, 0.4) is 0 Å². The monoisotopic (exact) mass is 224 g/mol. The Balaban J connectivity index is 2.78. The normalized spacial score (nSPS) is 11.2. The van der Waals surface area contributed by atoms with Gasteiger partial charge in [0.05, 0.1) is 11.2 Å². The van der Waals surface area contributed by atoms with Gasteiger partial charge in [0, 0.05) is 25.9 Å². The van der Waals surface area contributed by atoms with Crippen LogP contribution in [-0.4, -0.2) is 40.1 Å². The number of aliphatic hydroxyl groups is 1. The van der Waals surface area contributed by atoms with Crippen molar-refractivity contribution in [2.24, 2.45) is 0 Å². The minimum atomic E-state index is -0.938. The van der Waals surface area contributed by atoms with E-state index in [2.05, 4.69) is 4.98 Å². The molecular formula is C11H16N2O3. The van der Waals surface area contributed by atoms with Crippen LogP contribution in [0.2, 0.25) is 0 Å². The molecule has 88 valence electrons. The van der Waals surface area contributed by atoms with Gasteiger partial charge in [-0.05, 0) is 19.9 Å². The standard InChI is InChI=1S/C11H16N2O3/c1-11(2,16)7-13(3)10(15)8-4-5-9(14)12-6-8/h4-6,16H,7H2,1-3H3,(H,12,14). The summed E-state index contributed by atoms with van der Waals surface area (Å²) in [6.07, 6.45) is 1.37. The average Bonchev–Trinajstić information content (AvgIpc) is 2.15. The molecule has 0 unspecified atom stereocenters. The van der Waals surface area contributed by atoms with Crippen LogP contribution in [0.5, 0.6) is 0 Å². The summed E-state index contributed by atoms with van der Waals surface area (Å²) in [6, 6.07) is 2.76. The second-order valence-corrected chi connectivity index (χ2v) is 4.42. The van der Waals surface area contributed by atoms with Gasteiger partial charge in [0.1, 0.15) is 0 Å². The van der Waals surface area contributed by atoms with Gasteiger partial charge in [-0.15, -0.1) is 0 Å². The van der Waals surface area contributed by atoms with Crippen molar-refractivity contribution >= 4 is 5.91 Å². The molecule has 0 radical (unpaired) electrons. The Bertz CT molecular complexity index is 411. The number of pyridine rings is 1. The van der Waals surface area contributed by atoms with Crippen LogP contribution in [-0.2, 0) is 0 Å². The van der Waals surface area contributed by atoms with Gasteiger partial charge in [-0.1, -0.05) is 0 Å². The molecule has 1 rings (SSSR count). The summed E-state index contributed by atoms with van der Waals surface area (Å²) in [6.45, 7) is 3.48. The Morgan fingerprint density at radius 2 is 2.12 bits per heavy atom. The van der Waals surface area contributed by atoms with Gasteiger partial charge in [-0.2, -0.15) is 0 Å². The Labute approximate surface area is 93.7 Å². The summed E-state index contributed by atoms with van der Waals surface area (Å²) in [5.41, 5.74) is -0.792. The first-order valence-electron chi connectivity index (χ1n) is 4.96. The molecule has 0 saturated carbocycles. The Morgan fingerprint density at radius 1 is 1.50 bits per heavy atom. The fourth-order valence-electron chi connectivity index (χ4n) is 1.42. The van der Waals surface area contributed by atoms with Gasteiger partial charge >= 0.3 is 0 Å². The van der Waals surface area contributed by atoms with E-state index < -0.39 is 5.60 Å². The fraction of sp³-hybridized carbons (Fsp3) is 0.455. The minimum Gasteiger partial charge on any atom is -0.389 e. The number of nitrogens with zero attached hydrogens (tertiary/aromatic N) is 1. The van der Waals surface area contributed by atoms with E-state index in [9.17, 15) is 14.7 Å². The highest BCUT2D eigenvalue weighted by Crippen LogP contribution is 2.06. The molecule has 0 bridgehead atoms. The molecule has 1 heterocycles. The van der Waals surface area contributed by atoms with Crippen molar-refractivity contribution in [2.75, 3.05) is 13.6 Å². The highest BCUT2D eigenvalue weighted by atomic mass is 16.3. The largest absolute Gasteiger partial charge is 0.389 e. The number of nitrogens with one attached hydrogen (secondary N) is 1. The summed E-state index contributed by atoms with van der Waals surface area (Å²) < 4.78 is 0. The lowest BCUT2D eigenvalue weighted by molar-refractivity contribution is 0.0367. The number of carbonyl (C=O) groups is 1.